The summed E-state index contributed by atoms with van der Waals surface area (Å²) in [6.45, 7) is 45.5. The molecule has 0 saturated carbocycles. The van der Waals surface area contributed by atoms with Crippen LogP contribution in [0.15, 0.2) is 346 Å². The highest BCUT2D eigenvalue weighted by Crippen LogP contribution is 2.25. The molecule has 2 aliphatic heterocycles. The van der Waals surface area contributed by atoms with Crippen LogP contribution in [0.2, 0.25) is 0 Å². The number of benzene rings is 7. The number of aromatic nitrogens is 9. The van der Waals surface area contributed by atoms with E-state index in [0.29, 0.717) is 12.3 Å². The molecule has 13 heterocycles. The number of furan rings is 2. The van der Waals surface area contributed by atoms with Gasteiger partial charge in [-0.25, -0.2) is 19.9 Å². The van der Waals surface area contributed by atoms with Crippen LogP contribution in [0.3, 0.4) is 0 Å². The number of hydrogen-bond donors (Lipinski definition) is 1. The Kier molecular flexibility index (Phi) is 64.0. The maximum atomic E-state index is 5.24. The van der Waals surface area contributed by atoms with Crippen LogP contribution in [-0.2, 0) is 32.2 Å². The van der Waals surface area contributed by atoms with Gasteiger partial charge in [-0.15, -0.1) is 22.7 Å². The Morgan fingerprint density at radius 2 is 0.951 bits per heavy atom. The van der Waals surface area contributed by atoms with Gasteiger partial charge in [-0.1, -0.05) is 298 Å². The van der Waals surface area contributed by atoms with Crippen molar-refractivity contribution in [2.45, 2.75) is 191 Å². The summed E-state index contributed by atoms with van der Waals surface area (Å²) < 4.78 is 23.0. The molecule has 122 heavy (non-hydrogen) atoms. The van der Waals surface area contributed by atoms with Crippen molar-refractivity contribution in [2.24, 2.45) is 10.2 Å². The number of pyridine rings is 4. The first-order valence-corrected chi connectivity index (χ1v) is 45.3. The van der Waals surface area contributed by atoms with Crippen LogP contribution < -0.4 is 4.74 Å². The van der Waals surface area contributed by atoms with Crippen molar-refractivity contribution < 1.29 is 18.0 Å². The number of hydrogen-bond acceptors (Lipinski definition) is 16. The normalized spacial score (nSPS) is 10.1. The second kappa shape index (κ2) is 72.6. The van der Waals surface area contributed by atoms with Crippen molar-refractivity contribution in [1.29, 1.82) is 0 Å². The van der Waals surface area contributed by atoms with E-state index in [1.54, 1.807) is 60.0 Å². The zero-order valence-electron chi connectivity index (χ0n) is 76.5. The molecule has 17 heteroatoms. The number of rotatable bonds is 0. The fourth-order valence-corrected chi connectivity index (χ4v) is 12.0. The van der Waals surface area contributed by atoms with E-state index in [9.17, 15) is 0 Å². The molecular formula is C105H135N11O4S2. The molecule has 1 N–H and O–H groups in total. The number of allylic oxidation sites excluding steroid dienone is 1. The number of azo groups is 1. The Labute approximate surface area is 737 Å². The first-order chi connectivity index (χ1) is 60.6. The summed E-state index contributed by atoms with van der Waals surface area (Å²) >= 11 is 3.46. The zero-order chi connectivity index (χ0) is 89.9. The average Bonchev–Trinajstić information content (AvgIpc) is 1.10. The lowest BCUT2D eigenvalue weighted by atomic mass is 10.1. The van der Waals surface area contributed by atoms with Gasteiger partial charge < -0.3 is 23.0 Å². The third kappa shape index (κ3) is 39.6. The second-order valence-electron chi connectivity index (χ2n) is 22.2. The van der Waals surface area contributed by atoms with E-state index in [1.165, 1.54) is 91.0 Å². The quantitative estimate of drug-likeness (QED) is 0.151. The summed E-state index contributed by atoms with van der Waals surface area (Å²) in [5.74, 6) is 0.956. The fraction of sp³-hybridized carbons (Fsp3) is 0.276. The van der Waals surface area contributed by atoms with Gasteiger partial charge in [0.05, 0.1) is 57.7 Å². The van der Waals surface area contributed by atoms with E-state index < -0.39 is 0 Å². The predicted molar refractivity (Wildman–Crippen MR) is 530 cm³/mol. The molecule has 646 valence electrons. The summed E-state index contributed by atoms with van der Waals surface area (Å²) in [6.07, 6.45) is 29.1. The van der Waals surface area contributed by atoms with Crippen molar-refractivity contribution in [3.63, 3.8) is 0 Å². The maximum absolute atomic E-state index is 5.24. The molecule has 11 aromatic heterocycles. The van der Waals surface area contributed by atoms with Gasteiger partial charge in [0, 0.05) is 75.8 Å². The number of aromatic amines is 1. The Hall–Kier alpha value is -12.4. The molecule has 0 unspecified atom stereocenters. The maximum Gasteiger partial charge on any atom is 0.228 e. The van der Waals surface area contributed by atoms with E-state index in [1.807, 2.05) is 316 Å². The molecule has 0 radical (unpaired) electrons. The topological polar surface area (TPSA) is 192 Å². The molecule has 0 fully saturated rings. The van der Waals surface area contributed by atoms with Crippen LogP contribution in [0.5, 0.6) is 5.75 Å². The minimum Gasteiger partial charge on any atom is -0.491 e. The third-order valence-electron chi connectivity index (χ3n) is 15.6. The number of aryl methyl sites for hydroxylation is 2. The van der Waals surface area contributed by atoms with E-state index in [4.69, 9.17) is 18.0 Å². The van der Waals surface area contributed by atoms with Crippen LogP contribution in [-0.4, -0.2) is 51.5 Å². The second-order valence-corrected chi connectivity index (χ2v) is 24.1. The smallest absolute Gasteiger partial charge is 0.228 e. The highest BCUT2D eigenvalue weighted by Gasteiger charge is 2.11. The number of oxazole rings is 1. The number of ether oxygens (including phenoxy) is 1. The van der Waals surface area contributed by atoms with Gasteiger partial charge in [-0.05, 0) is 162 Å². The predicted octanol–water partition coefficient (Wildman–Crippen LogP) is 32.9. The summed E-state index contributed by atoms with van der Waals surface area (Å²) in [5.41, 5.74) is 17.4. The van der Waals surface area contributed by atoms with Crippen LogP contribution >= 0.6 is 22.7 Å². The zero-order valence-corrected chi connectivity index (χ0v) is 78.2. The Bertz CT molecular complexity index is 4580. The monoisotopic (exact) mass is 1680 g/mol. The summed E-state index contributed by atoms with van der Waals surface area (Å²) in [4.78, 5) is 35.3. The largest absolute Gasteiger partial charge is 0.491 e. The Balaban J connectivity index is 0.000000656. The van der Waals surface area contributed by atoms with Crippen molar-refractivity contribution in [2.75, 3.05) is 6.61 Å². The van der Waals surface area contributed by atoms with Crippen molar-refractivity contribution >= 4 is 110 Å². The molecule has 0 bridgehead atoms. The van der Waals surface area contributed by atoms with Gasteiger partial charge in [-0.3, -0.25) is 19.9 Å². The van der Waals surface area contributed by atoms with Crippen LogP contribution in [0.4, 0.5) is 5.69 Å². The van der Waals surface area contributed by atoms with E-state index in [0.717, 1.165) is 75.1 Å². The highest BCUT2D eigenvalue weighted by molar-refractivity contribution is 7.17. The van der Waals surface area contributed by atoms with E-state index >= 15 is 0 Å². The Morgan fingerprint density at radius 3 is 1.61 bits per heavy atom. The molecule has 0 amide bonds. The lowest BCUT2D eigenvalue weighted by Crippen LogP contribution is -1.85. The number of nitrogens with zero attached hydrogens (tertiary/aromatic N) is 10. The molecule has 22 rings (SSSR count). The molecule has 2 aliphatic carbocycles. The SMILES string of the molecule is C1=Cc2ccccc2C1.CC.CC.CC.CC.CC.CC.CC.CC.CC.CC.CC.c1cc2c(cn1)OCC2.c1ccc2[nH]ccc2c1.c1ccc2ncccc2c1.c1ccc2occc2c1.c1ccc2ocnc2c1.c1ccc2sccc2c1.c1ccc2scnc2c1.c1cnc2c(c1)CCC2.c1cnc2c(c1)N=NC2.c1ncc2ccoc2n1. The Morgan fingerprint density at radius 1 is 0.369 bits per heavy atom. The van der Waals surface area contributed by atoms with Crippen LogP contribution in [0, 0.1) is 0 Å². The highest BCUT2D eigenvalue weighted by atomic mass is 32.1. The van der Waals surface area contributed by atoms with Gasteiger partial charge in [0.25, 0.3) is 0 Å². The molecule has 7 aromatic carbocycles. The number of fused-ring (bicyclic) bond motifs is 11. The van der Waals surface area contributed by atoms with Gasteiger partial charge in [-0.2, -0.15) is 10.2 Å². The van der Waals surface area contributed by atoms with Gasteiger partial charge >= 0.3 is 0 Å². The molecule has 15 nitrogen and oxygen atoms in total. The third-order valence-corrected chi connectivity index (χ3v) is 17.3. The molecule has 18 aromatic rings. The van der Waals surface area contributed by atoms with E-state index in [-0.39, 0.29) is 0 Å². The van der Waals surface area contributed by atoms with Crippen LogP contribution in [0.25, 0.3) is 81.4 Å². The molecule has 0 atom stereocenters. The molecule has 0 saturated heterocycles. The summed E-state index contributed by atoms with van der Waals surface area (Å²) in [7, 11) is 0. The first-order valence-electron chi connectivity index (χ1n) is 43.5. The number of para-hydroxylation sites is 6. The number of thiophene rings is 1. The molecular weight excluding hydrogens is 1540 g/mol. The van der Waals surface area contributed by atoms with Crippen molar-refractivity contribution in [3.05, 3.63) is 356 Å². The fourth-order valence-electron chi connectivity index (χ4n) is 10.5. The lowest BCUT2D eigenvalue weighted by Gasteiger charge is -1.93. The minimum atomic E-state index is 0.644. The number of H-pyrrole nitrogens is 1. The average molecular weight is 1680 g/mol. The molecule has 0 spiro atoms. The number of nitrogens with one attached hydrogen (secondary N) is 1. The lowest BCUT2D eigenvalue weighted by molar-refractivity contribution is 0.355. The first kappa shape index (κ1) is 108. The van der Waals surface area contributed by atoms with Crippen molar-refractivity contribution in [3.8, 4) is 5.75 Å². The van der Waals surface area contributed by atoms with E-state index in [2.05, 4.69) is 170 Å². The summed E-state index contributed by atoms with van der Waals surface area (Å²) in [6, 6.07) is 78.9. The summed E-state index contributed by atoms with van der Waals surface area (Å²) in [5, 5.41) is 15.7. The van der Waals surface area contributed by atoms with Crippen molar-refractivity contribution in [1.82, 2.24) is 44.9 Å². The van der Waals surface area contributed by atoms with Crippen LogP contribution in [0.1, 0.15) is 192 Å². The van der Waals surface area contributed by atoms with Gasteiger partial charge in [0.1, 0.15) is 35.4 Å². The standard InChI is InChI=1S/C9H7N.C9H8.C8H9N.C8H7N.C8H6O.C8H6S.C7H7NO.C7H5NO.C7H5NS.C6H5N3.C6H4N2O.11C2H6/c1-2-6-9-8(4-1)5-3-7-10-9;1-2-5-9-7-3-6-8(9)4-1;1-3-7-4-2-6-9-8(7)5-1;3*1-2-4-8-7(3-1)5-6-9-8;1-3-8-5-7-6(1)2-4-9-7;2*1-2-4-7-6(3-1)8-5-9-7;1-2-5-6(7-3-1)4-8-9-5;1-2-9-6-5(1)3-7-4-8-6;11*1-2/h1-7H;1-6H,7H2;2,4,6H,1,3,5H2;1-6,9H;2*1-6H;1,3,5H,2,4H2;2*1-5H;1-3H,4H2;1-4H;11*1-2H3. The van der Waals surface area contributed by atoms with Gasteiger partial charge in [0.2, 0.25) is 5.71 Å². The minimum absolute atomic E-state index is 0.644. The number of thiazole rings is 1. The van der Waals surface area contributed by atoms with Gasteiger partial charge in [0.15, 0.2) is 12.0 Å². The molecule has 4 aliphatic rings.